The van der Waals surface area contributed by atoms with Crippen molar-refractivity contribution in [3.05, 3.63) is 27.7 Å². The highest BCUT2D eigenvalue weighted by Crippen LogP contribution is 2.26. The summed E-state index contributed by atoms with van der Waals surface area (Å²) in [6.45, 7) is 4.63. The summed E-state index contributed by atoms with van der Waals surface area (Å²) in [4.78, 5) is 0. The second-order valence-electron chi connectivity index (χ2n) is 4.30. The van der Waals surface area contributed by atoms with Crippen LogP contribution in [-0.2, 0) is 0 Å². The molecule has 0 atom stereocenters. The van der Waals surface area contributed by atoms with Gasteiger partial charge in [0.15, 0.2) is 0 Å². The van der Waals surface area contributed by atoms with Gasteiger partial charge in [-0.25, -0.2) is 0 Å². The average Bonchev–Trinajstić information content (AvgIpc) is 2.23. The van der Waals surface area contributed by atoms with Crippen LogP contribution in [0.25, 0.3) is 0 Å². The number of nitriles is 1. The van der Waals surface area contributed by atoms with Crippen molar-refractivity contribution >= 4 is 33.2 Å². The molecule has 1 rings (SSSR count). The Balaban J connectivity index is 2.50. The standard InChI is InChI=1S/C12H14BrClN2/c1-12(2,8-15)5-6-16-9-3-4-10(13)11(14)7-9/h3-4,7,16H,5-6H2,1-2H3. The zero-order valence-electron chi connectivity index (χ0n) is 9.35. The number of benzene rings is 1. The number of halogens is 2. The predicted molar refractivity (Wildman–Crippen MR) is 71.7 cm³/mol. The number of nitrogens with one attached hydrogen (secondary N) is 1. The first-order valence-electron chi connectivity index (χ1n) is 5.05. The quantitative estimate of drug-likeness (QED) is 0.891. The summed E-state index contributed by atoms with van der Waals surface area (Å²) in [5.74, 6) is 0. The zero-order valence-corrected chi connectivity index (χ0v) is 11.7. The van der Waals surface area contributed by atoms with E-state index < -0.39 is 0 Å². The van der Waals surface area contributed by atoms with Crippen LogP contribution in [0.4, 0.5) is 5.69 Å². The summed E-state index contributed by atoms with van der Waals surface area (Å²) in [6, 6.07) is 8.00. The molecule has 0 spiro atoms. The highest BCUT2D eigenvalue weighted by molar-refractivity contribution is 9.10. The molecule has 0 amide bonds. The minimum Gasteiger partial charge on any atom is -0.385 e. The first-order chi connectivity index (χ1) is 7.44. The van der Waals surface area contributed by atoms with E-state index in [0.717, 1.165) is 23.1 Å². The maximum Gasteiger partial charge on any atom is 0.0684 e. The van der Waals surface area contributed by atoms with E-state index in [1.807, 2.05) is 32.0 Å². The second-order valence-corrected chi connectivity index (χ2v) is 5.56. The minimum atomic E-state index is -0.286. The Morgan fingerprint density at radius 3 is 2.75 bits per heavy atom. The lowest BCUT2D eigenvalue weighted by Crippen LogP contribution is -2.14. The molecule has 4 heteroatoms. The van der Waals surface area contributed by atoms with E-state index in [-0.39, 0.29) is 5.41 Å². The Morgan fingerprint density at radius 1 is 1.50 bits per heavy atom. The molecule has 0 bridgehead atoms. The van der Waals surface area contributed by atoms with Crippen molar-refractivity contribution in [1.82, 2.24) is 0 Å². The van der Waals surface area contributed by atoms with Crippen LogP contribution < -0.4 is 5.32 Å². The van der Waals surface area contributed by atoms with E-state index >= 15 is 0 Å². The van der Waals surface area contributed by atoms with Crippen molar-refractivity contribution in [2.24, 2.45) is 5.41 Å². The van der Waals surface area contributed by atoms with Crippen molar-refractivity contribution in [2.75, 3.05) is 11.9 Å². The van der Waals surface area contributed by atoms with Crippen LogP contribution in [0.3, 0.4) is 0 Å². The molecule has 0 radical (unpaired) electrons. The maximum absolute atomic E-state index is 8.87. The summed E-state index contributed by atoms with van der Waals surface area (Å²) in [5.41, 5.74) is 0.688. The number of hydrogen-bond acceptors (Lipinski definition) is 2. The summed E-state index contributed by atoms with van der Waals surface area (Å²) < 4.78 is 0.886. The van der Waals surface area contributed by atoms with Crippen molar-refractivity contribution in [1.29, 1.82) is 5.26 Å². The van der Waals surface area contributed by atoms with E-state index in [1.165, 1.54) is 0 Å². The third-order valence-corrected chi connectivity index (χ3v) is 3.53. The fourth-order valence-electron chi connectivity index (χ4n) is 1.18. The normalized spacial score (nSPS) is 10.9. The SMILES string of the molecule is CC(C)(C#N)CCNc1ccc(Br)c(Cl)c1. The van der Waals surface area contributed by atoms with Crippen LogP contribution in [0.2, 0.25) is 5.02 Å². The van der Waals surface area contributed by atoms with Gasteiger partial charge in [-0.15, -0.1) is 0 Å². The Hall–Kier alpha value is -0.720. The van der Waals surface area contributed by atoms with Crippen molar-refractivity contribution in [3.63, 3.8) is 0 Å². The van der Waals surface area contributed by atoms with Gasteiger partial charge in [0.2, 0.25) is 0 Å². The molecule has 0 aliphatic carbocycles. The van der Waals surface area contributed by atoms with Gasteiger partial charge in [0.25, 0.3) is 0 Å². The van der Waals surface area contributed by atoms with E-state index in [1.54, 1.807) is 0 Å². The largest absolute Gasteiger partial charge is 0.385 e. The van der Waals surface area contributed by atoms with Crippen molar-refractivity contribution in [3.8, 4) is 6.07 Å². The molecule has 2 nitrogen and oxygen atoms in total. The van der Waals surface area contributed by atoms with Gasteiger partial charge < -0.3 is 5.32 Å². The molecule has 86 valence electrons. The fraction of sp³-hybridized carbons (Fsp3) is 0.417. The average molecular weight is 302 g/mol. The first-order valence-corrected chi connectivity index (χ1v) is 6.22. The highest BCUT2D eigenvalue weighted by Gasteiger charge is 2.15. The molecular weight excluding hydrogens is 288 g/mol. The molecule has 0 saturated heterocycles. The molecule has 0 aromatic heterocycles. The summed E-state index contributed by atoms with van der Waals surface area (Å²) >= 11 is 9.31. The van der Waals surface area contributed by atoms with Crippen LogP contribution >= 0.6 is 27.5 Å². The van der Waals surface area contributed by atoms with E-state index in [4.69, 9.17) is 16.9 Å². The Kier molecular flexibility index (Phi) is 4.64. The van der Waals surface area contributed by atoms with Gasteiger partial charge in [0, 0.05) is 16.7 Å². The summed E-state index contributed by atoms with van der Waals surface area (Å²) in [7, 11) is 0. The monoisotopic (exact) mass is 300 g/mol. The molecule has 1 aromatic carbocycles. The molecule has 1 N–H and O–H groups in total. The van der Waals surface area contributed by atoms with Gasteiger partial charge in [0.1, 0.15) is 0 Å². The third kappa shape index (κ3) is 4.03. The Morgan fingerprint density at radius 2 is 2.19 bits per heavy atom. The van der Waals surface area contributed by atoms with Gasteiger partial charge in [0.05, 0.1) is 16.5 Å². The van der Waals surface area contributed by atoms with E-state index in [0.29, 0.717) is 5.02 Å². The molecule has 0 aliphatic heterocycles. The van der Waals surface area contributed by atoms with Crippen molar-refractivity contribution < 1.29 is 0 Å². The fourth-order valence-corrected chi connectivity index (χ4v) is 1.61. The molecule has 0 fully saturated rings. The number of rotatable bonds is 4. The van der Waals surface area contributed by atoms with Gasteiger partial charge >= 0.3 is 0 Å². The predicted octanol–water partition coefficient (Wildman–Crippen LogP) is 4.45. The van der Waals surface area contributed by atoms with Crippen LogP contribution in [-0.4, -0.2) is 6.54 Å². The van der Waals surface area contributed by atoms with Crippen LogP contribution in [0, 0.1) is 16.7 Å². The molecule has 16 heavy (non-hydrogen) atoms. The maximum atomic E-state index is 8.87. The third-order valence-electron chi connectivity index (χ3n) is 2.30. The topological polar surface area (TPSA) is 35.8 Å². The molecule has 0 aliphatic rings. The van der Waals surface area contributed by atoms with Crippen LogP contribution in [0.5, 0.6) is 0 Å². The number of nitrogens with zero attached hydrogens (tertiary/aromatic N) is 1. The van der Waals surface area contributed by atoms with Gasteiger partial charge in [-0.3, -0.25) is 0 Å². The number of hydrogen-bond donors (Lipinski definition) is 1. The second kappa shape index (κ2) is 5.56. The Labute approximate surface area is 110 Å². The van der Waals surface area contributed by atoms with Gasteiger partial charge in [-0.1, -0.05) is 11.6 Å². The first kappa shape index (κ1) is 13.3. The number of anilines is 1. The van der Waals surface area contributed by atoms with E-state index in [9.17, 15) is 0 Å². The van der Waals surface area contributed by atoms with Crippen LogP contribution in [0.15, 0.2) is 22.7 Å². The Bertz CT molecular complexity index is 410. The summed E-state index contributed by atoms with van der Waals surface area (Å²) in [6.07, 6.45) is 0.803. The summed E-state index contributed by atoms with van der Waals surface area (Å²) in [5, 5.41) is 12.8. The molecule has 0 heterocycles. The lowest BCUT2D eigenvalue weighted by Gasteiger charge is -2.15. The molecule has 1 aromatic rings. The van der Waals surface area contributed by atoms with E-state index in [2.05, 4.69) is 27.3 Å². The smallest absolute Gasteiger partial charge is 0.0684 e. The zero-order chi connectivity index (χ0) is 12.2. The lowest BCUT2D eigenvalue weighted by molar-refractivity contribution is 0.466. The van der Waals surface area contributed by atoms with Gasteiger partial charge in [-0.05, 0) is 54.4 Å². The molecule has 0 saturated carbocycles. The molecule has 0 unspecified atom stereocenters. The van der Waals surface area contributed by atoms with Gasteiger partial charge in [-0.2, -0.15) is 5.26 Å². The lowest BCUT2D eigenvalue weighted by atomic mass is 9.91. The van der Waals surface area contributed by atoms with Crippen LogP contribution in [0.1, 0.15) is 20.3 Å². The minimum absolute atomic E-state index is 0.286. The van der Waals surface area contributed by atoms with Crippen molar-refractivity contribution in [2.45, 2.75) is 20.3 Å². The highest BCUT2D eigenvalue weighted by atomic mass is 79.9. The molecular formula is C12H14BrClN2.